The van der Waals surface area contributed by atoms with Gasteiger partial charge in [-0.25, -0.2) is 9.40 Å². The van der Waals surface area contributed by atoms with E-state index in [-0.39, 0.29) is 23.7 Å². The first-order valence-electron chi connectivity index (χ1n) is 7.44. The summed E-state index contributed by atoms with van der Waals surface area (Å²) in [5, 5.41) is 5.34. The van der Waals surface area contributed by atoms with Gasteiger partial charge in [0.2, 0.25) is 5.91 Å². The lowest BCUT2D eigenvalue weighted by Crippen LogP contribution is -2.41. The van der Waals surface area contributed by atoms with Crippen LogP contribution in [0.4, 0.5) is 4.39 Å². The van der Waals surface area contributed by atoms with Gasteiger partial charge in [0, 0.05) is 32.5 Å². The lowest BCUT2D eigenvalue weighted by molar-refractivity contribution is -0.130. The summed E-state index contributed by atoms with van der Waals surface area (Å²) in [6.45, 7) is 0.445. The molecule has 0 bridgehead atoms. The van der Waals surface area contributed by atoms with Crippen molar-refractivity contribution in [2.24, 2.45) is 5.10 Å². The SMILES string of the molecule is CN1N=C(C(=O)N(Cc2ccc(F)cc2)C2CC2)CCC1=O. The number of nitrogens with zero attached hydrogens (tertiary/aromatic N) is 3. The Balaban J connectivity index is 1.76. The molecule has 0 N–H and O–H groups in total. The van der Waals surface area contributed by atoms with Gasteiger partial charge in [-0.05, 0) is 30.5 Å². The van der Waals surface area contributed by atoms with Gasteiger partial charge in [-0.1, -0.05) is 12.1 Å². The molecule has 0 unspecified atom stereocenters. The molecule has 6 heteroatoms. The van der Waals surface area contributed by atoms with Crippen LogP contribution in [-0.2, 0) is 16.1 Å². The number of hydrazone groups is 1. The Morgan fingerprint density at radius 2 is 2.00 bits per heavy atom. The molecule has 1 heterocycles. The Morgan fingerprint density at radius 3 is 2.59 bits per heavy atom. The molecule has 5 nitrogen and oxygen atoms in total. The zero-order valence-corrected chi connectivity index (χ0v) is 12.5. The summed E-state index contributed by atoms with van der Waals surface area (Å²) in [6, 6.07) is 6.40. The summed E-state index contributed by atoms with van der Waals surface area (Å²) in [6.07, 6.45) is 2.66. The van der Waals surface area contributed by atoms with Crippen LogP contribution in [0.25, 0.3) is 0 Å². The number of hydrogen-bond acceptors (Lipinski definition) is 3. The molecule has 2 amide bonds. The van der Waals surface area contributed by atoms with E-state index in [0.717, 1.165) is 18.4 Å². The van der Waals surface area contributed by atoms with Crippen molar-refractivity contribution in [3.8, 4) is 0 Å². The van der Waals surface area contributed by atoms with Crippen molar-refractivity contribution < 1.29 is 14.0 Å². The second kappa shape index (κ2) is 5.87. The normalized spacial score (nSPS) is 18.2. The standard InChI is InChI=1S/C16H18FN3O2/c1-19-15(21)9-8-14(18-19)16(22)20(13-6-7-13)10-11-2-4-12(17)5-3-11/h2-5,13H,6-10H2,1H3. The molecule has 0 atom stereocenters. The molecule has 1 fully saturated rings. The minimum atomic E-state index is -0.287. The van der Waals surface area contributed by atoms with Crippen LogP contribution in [0.15, 0.2) is 29.4 Å². The lowest BCUT2D eigenvalue weighted by Gasteiger charge is -2.26. The molecular formula is C16H18FN3O2. The Kier molecular flexibility index (Phi) is 3.92. The Bertz CT molecular complexity index is 623. The van der Waals surface area contributed by atoms with Crippen LogP contribution < -0.4 is 0 Å². The maximum atomic E-state index is 13.0. The molecule has 0 aromatic heterocycles. The molecule has 1 aromatic rings. The second-order valence-electron chi connectivity index (χ2n) is 5.75. The Labute approximate surface area is 128 Å². The number of benzene rings is 1. The van der Waals surface area contributed by atoms with E-state index in [9.17, 15) is 14.0 Å². The number of rotatable bonds is 4. The van der Waals surface area contributed by atoms with Crippen molar-refractivity contribution >= 4 is 17.5 Å². The number of carbonyl (C=O) groups is 2. The second-order valence-corrected chi connectivity index (χ2v) is 5.75. The monoisotopic (exact) mass is 303 g/mol. The third-order valence-corrected chi connectivity index (χ3v) is 3.97. The lowest BCUT2D eigenvalue weighted by atomic mass is 10.1. The highest BCUT2D eigenvalue weighted by atomic mass is 19.1. The van der Waals surface area contributed by atoms with Crippen LogP contribution in [0, 0.1) is 5.82 Å². The van der Waals surface area contributed by atoms with Gasteiger partial charge in [0.1, 0.15) is 11.5 Å². The minimum absolute atomic E-state index is 0.0759. The van der Waals surface area contributed by atoms with Gasteiger partial charge < -0.3 is 4.90 Å². The molecule has 2 aliphatic rings. The first-order chi connectivity index (χ1) is 10.5. The maximum Gasteiger partial charge on any atom is 0.270 e. The molecule has 22 heavy (non-hydrogen) atoms. The van der Waals surface area contributed by atoms with E-state index < -0.39 is 0 Å². The van der Waals surface area contributed by atoms with Gasteiger partial charge in [-0.3, -0.25) is 9.59 Å². The van der Waals surface area contributed by atoms with Gasteiger partial charge in [-0.2, -0.15) is 5.10 Å². The highest BCUT2D eigenvalue weighted by Gasteiger charge is 2.35. The third-order valence-electron chi connectivity index (χ3n) is 3.97. The van der Waals surface area contributed by atoms with E-state index in [2.05, 4.69) is 5.10 Å². The zero-order chi connectivity index (χ0) is 15.7. The van der Waals surface area contributed by atoms with Crippen LogP contribution in [0.1, 0.15) is 31.2 Å². The predicted molar refractivity (Wildman–Crippen MR) is 79.4 cm³/mol. The van der Waals surface area contributed by atoms with E-state index in [0.29, 0.717) is 25.1 Å². The van der Waals surface area contributed by atoms with Gasteiger partial charge in [0.15, 0.2) is 0 Å². The summed E-state index contributed by atoms with van der Waals surface area (Å²) >= 11 is 0. The molecule has 0 spiro atoms. The summed E-state index contributed by atoms with van der Waals surface area (Å²) in [4.78, 5) is 25.9. The minimum Gasteiger partial charge on any atom is -0.330 e. The van der Waals surface area contributed by atoms with Crippen molar-refractivity contribution in [2.45, 2.75) is 38.3 Å². The quantitative estimate of drug-likeness (QED) is 0.853. The van der Waals surface area contributed by atoms with E-state index in [1.165, 1.54) is 17.1 Å². The molecular weight excluding hydrogens is 285 g/mol. The molecule has 3 rings (SSSR count). The summed E-state index contributed by atoms with van der Waals surface area (Å²) in [5.74, 6) is -0.482. The average molecular weight is 303 g/mol. The fraction of sp³-hybridized carbons (Fsp3) is 0.438. The smallest absolute Gasteiger partial charge is 0.270 e. The Hall–Kier alpha value is -2.24. The van der Waals surface area contributed by atoms with Crippen molar-refractivity contribution in [1.29, 1.82) is 0 Å². The van der Waals surface area contributed by atoms with Crippen molar-refractivity contribution in [1.82, 2.24) is 9.91 Å². The third kappa shape index (κ3) is 3.16. The van der Waals surface area contributed by atoms with Crippen molar-refractivity contribution in [3.63, 3.8) is 0 Å². The van der Waals surface area contributed by atoms with Crippen LogP contribution in [0.5, 0.6) is 0 Å². The summed E-state index contributed by atoms with van der Waals surface area (Å²) < 4.78 is 13.0. The number of amides is 2. The highest BCUT2D eigenvalue weighted by molar-refractivity contribution is 6.39. The Morgan fingerprint density at radius 1 is 1.32 bits per heavy atom. The largest absolute Gasteiger partial charge is 0.330 e. The maximum absolute atomic E-state index is 13.0. The van der Waals surface area contributed by atoms with E-state index in [4.69, 9.17) is 0 Å². The molecule has 0 radical (unpaired) electrons. The molecule has 1 aliphatic carbocycles. The number of hydrogen-bond donors (Lipinski definition) is 0. The number of carbonyl (C=O) groups excluding carboxylic acids is 2. The summed E-state index contributed by atoms with van der Waals surface area (Å²) in [7, 11) is 1.57. The highest BCUT2D eigenvalue weighted by Crippen LogP contribution is 2.29. The van der Waals surface area contributed by atoms with E-state index >= 15 is 0 Å². The van der Waals surface area contributed by atoms with Crippen LogP contribution in [0.3, 0.4) is 0 Å². The zero-order valence-electron chi connectivity index (χ0n) is 12.5. The fourth-order valence-corrected chi connectivity index (χ4v) is 2.53. The summed E-state index contributed by atoms with van der Waals surface area (Å²) in [5.41, 5.74) is 1.32. The first kappa shape index (κ1) is 14.7. The van der Waals surface area contributed by atoms with Gasteiger partial charge in [0.05, 0.1) is 0 Å². The number of halogens is 1. The average Bonchev–Trinajstić information content (AvgIpc) is 3.33. The molecule has 0 saturated heterocycles. The van der Waals surface area contributed by atoms with E-state index in [1.807, 2.05) is 0 Å². The van der Waals surface area contributed by atoms with Crippen LogP contribution >= 0.6 is 0 Å². The van der Waals surface area contributed by atoms with Crippen molar-refractivity contribution in [2.75, 3.05) is 7.05 Å². The van der Waals surface area contributed by atoms with Gasteiger partial charge in [-0.15, -0.1) is 0 Å². The van der Waals surface area contributed by atoms with Gasteiger partial charge in [0.25, 0.3) is 5.91 Å². The van der Waals surface area contributed by atoms with Crippen LogP contribution in [-0.4, -0.2) is 40.5 Å². The topological polar surface area (TPSA) is 53.0 Å². The molecule has 1 aliphatic heterocycles. The van der Waals surface area contributed by atoms with E-state index in [1.54, 1.807) is 24.1 Å². The van der Waals surface area contributed by atoms with Crippen LogP contribution in [0.2, 0.25) is 0 Å². The fourth-order valence-electron chi connectivity index (χ4n) is 2.53. The molecule has 1 saturated carbocycles. The molecule has 116 valence electrons. The first-order valence-corrected chi connectivity index (χ1v) is 7.44. The predicted octanol–water partition coefficient (Wildman–Crippen LogP) is 1.92. The van der Waals surface area contributed by atoms with Gasteiger partial charge >= 0.3 is 0 Å². The molecule has 1 aromatic carbocycles. The van der Waals surface area contributed by atoms with Crippen molar-refractivity contribution in [3.05, 3.63) is 35.6 Å².